The molecule has 1 aliphatic rings. The highest BCUT2D eigenvalue weighted by molar-refractivity contribution is 5.98. The number of esters is 1. The van der Waals surface area contributed by atoms with Gasteiger partial charge in [0.05, 0.1) is 19.1 Å². The molecule has 8 heteroatoms. The molecule has 0 saturated heterocycles. The van der Waals surface area contributed by atoms with Gasteiger partial charge < -0.3 is 14.8 Å². The number of anilines is 1. The van der Waals surface area contributed by atoms with E-state index in [9.17, 15) is 14.4 Å². The average molecular weight is 570 g/mol. The molecule has 0 spiro atoms. The van der Waals surface area contributed by atoms with Crippen LogP contribution in [0.5, 0.6) is 0 Å². The van der Waals surface area contributed by atoms with E-state index >= 15 is 0 Å². The number of carbonyl (C=O) groups is 3. The highest BCUT2D eigenvalue weighted by Crippen LogP contribution is 2.30. The van der Waals surface area contributed by atoms with Crippen LogP contribution in [0.2, 0.25) is 0 Å². The first kappa shape index (κ1) is 30.5. The number of aryl methyl sites for hydroxylation is 1. The van der Waals surface area contributed by atoms with Crippen molar-refractivity contribution >= 4 is 29.4 Å². The van der Waals surface area contributed by atoms with Crippen molar-refractivity contribution in [1.29, 1.82) is 0 Å². The maximum absolute atomic E-state index is 13.7. The number of hydrogen-bond donors (Lipinski definition) is 1. The number of rotatable bonds is 12. The quantitative estimate of drug-likeness (QED) is 0.271. The Morgan fingerprint density at radius 1 is 1.02 bits per heavy atom. The minimum absolute atomic E-state index is 0.0640. The van der Waals surface area contributed by atoms with Crippen LogP contribution < -0.4 is 5.32 Å². The Hall–Kier alpha value is -4.46. The summed E-state index contributed by atoms with van der Waals surface area (Å²) in [4.78, 5) is 38.0. The average Bonchev–Trinajstić information content (AvgIpc) is 3.00. The van der Waals surface area contributed by atoms with Crippen LogP contribution in [0.3, 0.4) is 0 Å². The number of hydrazone groups is 1. The number of ether oxygens (including phenoxy) is 2. The van der Waals surface area contributed by atoms with Crippen LogP contribution in [0.25, 0.3) is 0 Å². The van der Waals surface area contributed by atoms with E-state index < -0.39 is 0 Å². The van der Waals surface area contributed by atoms with Gasteiger partial charge >= 0.3 is 5.97 Å². The van der Waals surface area contributed by atoms with E-state index in [-0.39, 0.29) is 36.2 Å². The van der Waals surface area contributed by atoms with Gasteiger partial charge in [-0.1, -0.05) is 74.9 Å². The number of nitrogens with one attached hydrogen (secondary N) is 1. The summed E-state index contributed by atoms with van der Waals surface area (Å²) in [6, 6.07) is 23.1. The first-order valence-electron chi connectivity index (χ1n) is 14.5. The normalized spacial score (nSPS) is 14.4. The fraction of sp³-hybridized carbons (Fsp3) is 0.353. The zero-order valence-corrected chi connectivity index (χ0v) is 24.8. The Bertz CT molecular complexity index is 1420. The van der Waals surface area contributed by atoms with Crippen LogP contribution in [0.15, 0.2) is 77.9 Å². The van der Waals surface area contributed by atoms with Gasteiger partial charge in [-0.25, -0.2) is 5.01 Å². The highest BCUT2D eigenvalue weighted by atomic mass is 16.5. The van der Waals surface area contributed by atoms with Crippen LogP contribution in [0.4, 0.5) is 5.69 Å². The molecular formula is C34H39N3O5. The molecule has 8 nitrogen and oxygen atoms in total. The first-order valence-corrected chi connectivity index (χ1v) is 14.5. The van der Waals surface area contributed by atoms with Crippen LogP contribution in [0, 0.1) is 12.8 Å². The minimum atomic E-state index is -0.362. The van der Waals surface area contributed by atoms with Crippen molar-refractivity contribution in [3.63, 3.8) is 0 Å². The highest BCUT2D eigenvalue weighted by Gasteiger charge is 2.27. The van der Waals surface area contributed by atoms with Gasteiger partial charge in [0.15, 0.2) is 6.61 Å². The summed E-state index contributed by atoms with van der Waals surface area (Å²) in [5.41, 5.74) is 5.30. The van der Waals surface area contributed by atoms with Crippen LogP contribution in [0.1, 0.15) is 67.3 Å². The molecule has 42 heavy (non-hydrogen) atoms. The van der Waals surface area contributed by atoms with Crippen LogP contribution in [-0.4, -0.2) is 41.9 Å². The number of hydrogen-bond acceptors (Lipinski definition) is 6. The molecule has 0 bridgehead atoms. The summed E-state index contributed by atoms with van der Waals surface area (Å²) < 4.78 is 10.6. The molecule has 1 aliphatic heterocycles. The summed E-state index contributed by atoms with van der Waals surface area (Å²) in [7, 11) is 0. The standard InChI is InChI=1S/C34H39N3O5/c1-5-23(3)32(33(40)35-29-14-10-13-26(24(29)4)19-20-31(39)41-6-2)27-17-15-25(16-18-27)21-37-30(38)22-42-34(36-37)28-11-8-7-9-12-28/h7-18,23,32H,5-6,19-22H2,1-4H3,(H,35,40). The van der Waals surface area contributed by atoms with Crippen LogP contribution >= 0.6 is 0 Å². The first-order chi connectivity index (χ1) is 20.3. The zero-order chi connectivity index (χ0) is 30.1. The van der Waals surface area contributed by atoms with E-state index in [0.29, 0.717) is 31.9 Å². The summed E-state index contributed by atoms with van der Waals surface area (Å²) in [5.74, 6) is -0.367. The smallest absolute Gasteiger partial charge is 0.306 e. The van der Waals surface area contributed by atoms with Crippen molar-refractivity contribution in [1.82, 2.24) is 5.01 Å². The fourth-order valence-corrected chi connectivity index (χ4v) is 4.99. The molecular weight excluding hydrogens is 530 g/mol. The van der Waals surface area contributed by atoms with Crippen molar-refractivity contribution in [3.8, 4) is 0 Å². The van der Waals surface area contributed by atoms with E-state index in [2.05, 4.69) is 24.3 Å². The largest absolute Gasteiger partial charge is 0.466 e. The van der Waals surface area contributed by atoms with E-state index in [4.69, 9.17) is 9.47 Å². The maximum Gasteiger partial charge on any atom is 0.306 e. The monoisotopic (exact) mass is 569 g/mol. The summed E-state index contributed by atoms with van der Waals surface area (Å²) >= 11 is 0. The van der Waals surface area contributed by atoms with Crippen LogP contribution in [-0.2, 0) is 36.8 Å². The van der Waals surface area contributed by atoms with Gasteiger partial charge in [0.2, 0.25) is 11.8 Å². The van der Waals surface area contributed by atoms with Gasteiger partial charge in [-0.3, -0.25) is 14.4 Å². The molecule has 0 aliphatic carbocycles. The maximum atomic E-state index is 13.7. The molecule has 0 saturated carbocycles. The molecule has 1 N–H and O–H groups in total. The Balaban J connectivity index is 1.48. The van der Waals surface area contributed by atoms with Gasteiger partial charge in [0.25, 0.3) is 5.91 Å². The molecule has 0 aromatic heterocycles. The molecule has 0 fully saturated rings. The van der Waals surface area contributed by atoms with Gasteiger partial charge in [-0.05, 0) is 66.6 Å². The third-order valence-electron chi connectivity index (χ3n) is 7.63. The molecule has 3 aromatic carbocycles. The molecule has 0 radical (unpaired) electrons. The number of carbonyl (C=O) groups excluding carboxylic acids is 3. The van der Waals surface area contributed by atoms with Crippen molar-refractivity contribution in [2.24, 2.45) is 11.0 Å². The molecule has 4 rings (SSSR count). The third kappa shape index (κ3) is 7.63. The van der Waals surface area contributed by atoms with Gasteiger partial charge in [-0.2, -0.15) is 0 Å². The summed E-state index contributed by atoms with van der Waals surface area (Å²) in [5, 5.41) is 9.01. The lowest BCUT2D eigenvalue weighted by Gasteiger charge is -2.25. The fourth-order valence-electron chi connectivity index (χ4n) is 4.99. The SMILES string of the molecule is CCOC(=O)CCc1cccc(NC(=O)C(c2ccc(CN3N=C(c4ccccc4)OCC3=O)cc2)C(C)CC)c1C. The Morgan fingerprint density at radius 2 is 1.76 bits per heavy atom. The number of benzene rings is 3. The zero-order valence-electron chi connectivity index (χ0n) is 24.8. The van der Waals surface area contributed by atoms with Crippen molar-refractivity contribution in [2.75, 3.05) is 18.5 Å². The molecule has 3 aromatic rings. The van der Waals surface area contributed by atoms with E-state index in [0.717, 1.165) is 39.9 Å². The van der Waals surface area contributed by atoms with Gasteiger partial charge in [0.1, 0.15) is 0 Å². The topological polar surface area (TPSA) is 97.3 Å². The second-order valence-corrected chi connectivity index (χ2v) is 10.5. The van der Waals surface area contributed by atoms with E-state index in [1.807, 2.05) is 79.7 Å². The molecule has 2 amide bonds. The molecule has 1 heterocycles. The molecule has 2 unspecified atom stereocenters. The Labute approximate surface area is 247 Å². The predicted molar refractivity (Wildman–Crippen MR) is 163 cm³/mol. The van der Waals surface area contributed by atoms with E-state index in [1.165, 1.54) is 5.01 Å². The molecule has 2 atom stereocenters. The molecule has 220 valence electrons. The summed E-state index contributed by atoms with van der Waals surface area (Å²) in [6.07, 6.45) is 1.67. The Kier molecular flexibility index (Phi) is 10.5. The van der Waals surface area contributed by atoms with Gasteiger partial charge in [0, 0.05) is 17.7 Å². The second-order valence-electron chi connectivity index (χ2n) is 10.5. The lowest BCUT2D eigenvalue weighted by Crippen LogP contribution is -2.36. The third-order valence-corrected chi connectivity index (χ3v) is 7.63. The van der Waals surface area contributed by atoms with Crippen molar-refractivity contribution in [3.05, 3.63) is 101 Å². The van der Waals surface area contributed by atoms with Crippen molar-refractivity contribution < 1.29 is 23.9 Å². The lowest BCUT2D eigenvalue weighted by atomic mass is 9.84. The Morgan fingerprint density at radius 3 is 2.45 bits per heavy atom. The van der Waals surface area contributed by atoms with E-state index in [1.54, 1.807) is 6.92 Å². The lowest BCUT2D eigenvalue weighted by molar-refractivity contribution is -0.143. The van der Waals surface area contributed by atoms with Gasteiger partial charge in [-0.15, -0.1) is 5.10 Å². The summed E-state index contributed by atoms with van der Waals surface area (Å²) in [6.45, 7) is 8.51. The second kappa shape index (κ2) is 14.4. The number of amides is 2. The minimum Gasteiger partial charge on any atom is -0.466 e. The number of nitrogens with zero attached hydrogens (tertiary/aromatic N) is 2. The predicted octanol–water partition coefficient (Wildman–Crippen LogP) is 5.98. The van der Waals surface area contributed by atoms with Crippen molar-refractivity contribution in [2.45, 2.75) is 59.4 Å².